The van der Waals surface area contributed by atoms with Gasteiger partial charge in [0.05, 0.1) is 0 Å². The van der Waals surface area contributed by atoms with E-state index < -0.39 is 35.6 Å². The van der Waals surface area contributed by atoms with Crippen LogP contribution in [0.4, 0.5) is 4.79 Å². The van der Waals surface area contributed by atoms with Crippen molar-refractivity contribution in [2.45, 2.75) is 84.5 Å². The third-order valence-electron chi connectivity index (χ3n) is 6.32. The molecule has 0 aliphatic carbocycles. The van der Waals surface area contributed by atoms with Crippen molar-refractivity contribution >= 4 is 29.7 Å². The summed E-state index contributed by atoms with van der Waals surface area (Å²) in [7, 11) is 0. The number of aromatic hydroxyl groups is 1. The van der Waals surface area contributed by atoms with E-state index >= 15 is 0 Å². The van der Waals surface area contributed by atoms with E-state index in [1.807, 2.05) is 36.6 Å². The van der Waals surface area contributed by atoms with Gasteiger partial charge in [-0.2, -0.15) is 11.8 Å². The minimum atomic E-state index is -1.09. The fraction of sp³-hybridized carbons (Fsp3) is 0.516. The predicted molar refractivity (Wildman–Crippen MR) is 161 cm³/mol. The van der Waals surface area contributed by atoms with E-state index in [1.54, 1.807) is 57.7 Å². The van der Waals surface area contributed by atoms with Crippen molar-refractivity contribution in [3.05, 3.63) is 65.2 Å². The highest BCUT2D eigenvalue weighted by atomic mass is 32.2. The number of rotatable bonds is 14. The first-order valence-electron chi connectivity index (χ1n) is 13.9. The zero-order valence-electron chi connectivity index (χ0n) is 24.7. The number of para-hydroxylation sites is 1. The molecule has 0 bridgehead atoms. The molecular formula is C31H45N3O5S. The Morgan fingerprint density at radius 2 is 1.75 bits per heavy atom. The van der Waals surface area contributed by atoms with Crippen LogP contribution in [0.5, 0.6) is 5.75 Å². The SMILES string of the molecule is CCCCCN(C(=O)C(CCSC)NC(=O)OC(C)(C)C)C(C(=O)NCc1ccccc1)c1cccc(C)c1O. The number of ether oxygens (including phenoxy) is 1. The lowest BCUT2D eigenvalue weighted by Gasteiger charge is -2.35. The number of amides is 3. The number of alkyl carbamates (subject to hydrolysis) is 1. The molecule has 0 spiro atoms. The van der Waals surface area contributed by atoms with Gasteiger partial charge in [0.15, 0.2) is 0 Å². The number of carbonyl (C=O) groups excluding carboxylic acids is 3. The van der Waals surface area contributed by atoms with Crippen LogP contribution in [0.2, 0.25) is 0 Å². The second-order valence-corrected chi connectivity index (χ2v) is 11.8. The number of hydrogen-bond acceptors (Lipinski definition) is 6. The zero-order chi connectivity index (χ0) is 29.7. The van der Waals surface area contributed by atoms with Crippen LogP contribution in [0.15, 0.2) is 48.5 Å². The second kappa shape index (κ2) is 16.2. The Kier molecular flexibility index (Phi) is 13.3. The van der Waals surface area contributed by atoms with Crippen LogP contribution in [0.3, 0.4) is 0 Å². The molecule has 2 atom stereocenters. The number of carbonyl (C=O) groups is 3. The van der Waals surface area contributed by atoms with E-state index in [2.05, 4.69) is 17.6 Å². The van der Waals surface area contributed by atoms with Gasteiger partial charge in [0.2, 0.25) is 11.8 Å². The fourth-order valence-corrected chi connectivity index (χ4v) is 4.75. The minimum absolute atomic E-state index is 0.0311. The van der Waals surface area contributed by atoms with Gasteiger partial charge >= 0.3 is 6.09 Å². The number of hydrogen-bond donors (Lipinski definition) is 3. The van der Waals surface area contributed by atoms with Crippen LogP contribution in [0, 0.1) is 6.92 Å². The van der Waals surface area contributed by atoms with E-state index in [-0.39, 0.29) is 18.8 Å². The number of thioether (sulfide) groups is 1. The number of phenols is 1. The normalized spacial score (nSPS) is 12.8. The molecule has 3 amide bonds. The standard InChI is InChI=1S/C31H45N3O5S/c1-7-8-12-19-34(29(37)25(18-20-40-6)33-30(38)39-31(3,4)5)26(24-17-13-14-22(2)27(24)35)28(36)32-21-23-15-10-9-11-16-23/h9-11,13-17,25-26,35H,7-8,12,18-21H2,1-6H3,(H,32,36)(H,33,38). The van der Waals surface area contributed by atoms with Gasteiger partial charge in [0.25, 0.3) is 0 Å². The highest BCUT2D eigenvalue weighted by Crippen LogP contribution is 2.33. The molecule has 2 aromatic rings. The molecule has 0 aromatic heterocycles. The zero-order valence-corrected chi connectivity index (χ0v) is 25.5. The molecule has 0 aliphatic heterocycles. The Balaban J connectivity index is 2.51. The molecule has 2 rings (SSSR count). The van der Waals surface area contributed by atoms with Gasteiger partial charge in [-0.15, -0.1) is 0 Å². The summed E-state index contributed by atoms with van der Waals surface area (Å²) in [4.78, 5) is 42.3. The molecule has 0 saturated heterocycles. The maximum atomic E-state index is 14.2. The first kappa shape index (κ1) is 33.0. The lowest BCUT2D eigenvalue weighted by molar-refractivity contribution is -0.142. The van der Waals surface area contributed by atoms with E-state index in [1.165, 1.54) is 4.90 Å². The molecule has 2 unspecified atom stereocenters. The summed E-state index contributed by atoms with van der Waals surface area (Å²) < 4.78 is 5.44. The highest BCUT2D eigenvalue weighted by molar-refractivity contribution is 7.98. The summed E-state index contributed by atoms with van der Waals surface area (Å²) in [6.07, 6.45) is 4.05. The van der Waals surface area contributed by atoms with Crippen molar-refractivity contribution < 1.29 is 24.2 Å². The average Bonchev–Trinajstić information content (AvgIpc) is 2.90. The van der Waals surface area contributed by atoms with Gasteiger partial charge in [0, 0.05) is 18.7 Å². The summed E-state index contributed by atoms with van der Waals surface area (Å²) >= 11 is 1.56. The maximum absolute atomic E-state index is 14.2. The van der Waals surface area contributed by atoms with Crippen molar-refractivity contribution in [3.8, 4) is 5.75 Å². The van der Waals surface area contributed by atoms with E-state index in [9.17, 15) is 19.5 Å². The average molecular weight is 572 g/mol. The number of unbranched alkanes of at least 4 members (excludes halogenated alkanes) is 2. The van der Waals surface area contributed by atoms with Crippen molar-refractivity contribution in [3.63, 3.8) is 0 Å². The van der Waals surface area contributed by atoms with Crippen LogP contribution >= 0.6 is 11.8 Å². The number of phenolic OH excluding ortho intramolecular Hbond substituents is 1. The summed E-state index contributed by atoms with van der Waals surface area (Å²) in [6, 6.07) is 12.7. The van der Waals surface area contributed by atoms with E-state index in [0.717, 1.165) is 18.4 Å². The molecule has 8 nitrogen and oxygen atoms in total. The number of nitrogens with zero attached hydrogens (tertiary/aromatic N) is 1. The Labute approximate surface area is 243 Å². The van der Waals surface area contributed by atoms with Gasteiger partial charge in [-0.05, 0) is 63.7 Å². The van der Waals surface area contributed by atoms with Crippen LogP contribution in [-0.2, 0) is 20.9 Å². The van der Waals surface area contributed by atoms with Crippen LogP contribution in [0.25, 0.3) is 0 Å². The third kappa shape index (κ3) is 10.4. The lowest BCUT2D eigenvalue weighted by Crippen LogP contribution is -2.53. The van der Waals surface area contributed by atoms with Crippen LogP contribution in [-0.4, -0.2) is 58.1 Å². The number of benzene rings is 2. The molecule has 0 radical (unpaired) electrons. The fourth-order valence-electron chi connectivity index (χ4n) is 4.28. The monoisotopic (exact) mass is 571 g/mol. The van der Waals surface area contributed by atoms with Gasteiger partial charge in [0.1, 0.15) is 23.4 Å². The summed E-state index contributed by atoms with van der Waals surface area (Å²) in [5, 5.41) is 16.8. The Hall–Kier alpha value is -3.20. The van der Waals surface area contributed by atoms with Gasteiger partial charge in [-0.1, -0.05) is 68.3 Å². The van der Waals surface area contributed by atoms with E-state index in [0.29, 0.717) is 29.7 Å². The Morgan fingerprint density at radius 1 is 1.05 bits per heavy atom. The number of aryl methyl sites for hydroxylation is 1. The minimum Gasteiger partial charge on any atom is -0.507 e. The molecule has 0 fully saturated rings. The first-order valence-corrected chi connectivity index (χ1v) is 15.3. The van der Waals surface area contributed by atoms with Gasteiger partial charge in [-0.25, -0.2) is 4.79 Å². The molecular weight excluding hydrogens is 526 g/mol. The van der Waals surface area contributed by atoms with Gasteiger partial charge < -0.3 is 25.4 Å². The molecule has 2 aromatic carbocycles. The van der Waals surface area contributed by atoms with Crippen molar-refractivity contribution in [2.75, 3.05) is 18.6 Å². The maximum Gasteiger partial charge on any atom is 0.408 e. The van der Waals surface area contributed by atoms with Gasteiger partial charge in [-0.3, -0.25) is 9.59 Å². The Morgan fingerprint density at radius 3 is 2.38 bits per heavy atom. The first-order chi connectivity index (χ1) is 19.0. The van der Waals surface area contributed by atoms with Crippen LogP contribution < -0.4 is 10.6 Å². The quantitative estimate of drug-likeness (QED) is 0.250. The predicted octanol–water partition coefficient (Wildman–Crippen LogP) is 5.72. The Bertz CT molecular complexity index is 1100. The van der Waals surface area contributed by atoms with Crippen molar-refractivity contribution in [2.24, 2.45) is 0 Å². The molecule has 0 saturated carbocycles. The number of nitrogens with one attached hydrogen (secondary N) is 2. The smallest absolute Gasteiger partial charge is 0.408 e. The molecule has 9 heteroatoms. The molecule has 40 heavy (non-hydrogen) atoms. The van der Waals surface area contributed by atoms with Crippen molar-refractivity contribution in [1.29, 1.82) is 0 Å². The second-order valence-electron chi connectivity index (χ2n) is 10.8. The van der Waals surface area contributed by atoms with Crippen molar-refractivity contribution in [1.82, 2.24) is 15.5 Å². The highest BCUT2D eigenvalue weighted by Gasteiger charge is 2.37. The van der Waals surface area contributed by atoms with E-state index in [4.69, 9.17) is 4.74 Å². The molecule has 0 heterocycles. The summed E-state index contributed by atoms with van der Waals surface area (Å²) in [5.41, 5.74) is 1.13. The molecule has 220 valence electrons. The lowest BCUT2D eigenvalue weighted by atomic mass is 9.98. The molecule has 0 aliphatic rings. The topological polar surface area (TPSA) is 108 Å². The summed E-state index contributed by atoms with van der Waals surface area (Å²) in [5.74, 6) is -0.209. The summed E-state index contributed by atoms with van der Waals surface area (Å²) in [6.45, 7) is 9.66. The molecule has 3 N–H and O–H groups in total. The largest absolute Gasteiger partial charge is 0.507 e. The van der Waals surface area contributed by atoms with Crippen LogP contribution in [0.1, 0.15) is 76.1 Å². The third-order valence-corrected chi connectivity index (χ3v) is 6.96.